The summed E-state index contributed by atoms with van der Waals surface area (Å²) in [7, 11) is 5.79. The van der Waals surface area contributed by atoms with Crippen LogP contribution in [0.15, 0.2) is 24.3 Å². The summed E-state index contributed by atoms with van der Waals surface area (Å²) >= 11 is 1.93. The summed E-state index contributed by atoms with van der Waals surface area (Å²) < 4.78 is 5.28. The smallest absolute Gasteiger partial charge is 0.119 e. The van der Waals surface area contributed by atoms with Gasteiger partial charge in [-0.05, 0) is 44.0 Å². The molecule has 1 aliphatic rings. The lowest BCUT2D eigenvalue weighted by molar-refractivity contribution is -0.0294. The van der Waals surface area contributed by atoms with E-state index in [1.165, 1.54) is 0 Å². The van der Waals surface area contributed by atoms with E-state index in [0.29, 0.717) is 0 Å². The highest BCUT2D eigenvalue weighted by molar-refractivity contribution is 7.99. The molecule has 1 fully saturated rings. The second kappa shape index (κ2) is 6.16. The van der Waals surface area contributed by atoms with Gasteiger partial charge in [-0.25, -0.2) is 0 Å². The third-order valence-electron chi connectivity index (χ3n) is 3.78. The van der Waals surface area contributed by atoms with Crippen LogP contribution in [0.4, 0.5) is 0 Å². The van der Waals surface area contributed by atoms with Gasteiger partial charge < -0.3 is 14.7 Å². The number of aliphatic hydroxyl groups is 1. The van der Waals surface area contributed by atoms with Crippen molar-refractivity contribution in [1.82, 2.24) is 4.90 Å². The summed E-state index contributed by atoms with van der Waals surface area (Å²) in [4.78, 5) is 2.15. The highest BCUT2D eigenvalue weighted by Gasteiger charge is 2.41. The first-order chi connectivity index (χ1) is 9.06. The second-order valence-electron chi connectivity index (χ2n) is 5.44. The van der Waals surface area contributed by atoms with Crippen LogP contribution in [0, 0.1) is 5.92 Å². The van der Waals surface area contributed by atoms with Crippen LogP contribution < -0.4 is 4.74 Å². The first kappa shape index (κ1) is 14.7. The molecule has 2 rings (SSSR count). The number of hydrogen-bond acceptors (Lipinski definition) is 4. The molecule has 2 atom stereocenters. The molecule has 1 aliphatic heterocycles. The summed E-state index contributed by atoms with van der Waals surface area (Å²) in [5, 5.41) is 11.2. The largest absolute Gasteiger partial charge is 0.497 e. The third-order valence-corrected chi connectivity index (χ3v) is 4.91. The van der Waals surface area contributed by atoms with E-state index in [0.717, 1.165) is 35.8 Å². The molecule has 19 heavy (non-hydrogen) atoms. The molecule has 0 amide bonds. The van der Waals surface area contributed by atoms with Crippen molar-refractivity contribution < 1.29 is 9.84 Å². The molecular formula is C15H23NO2S. The number of benzene rings is 1. The van der Waals surface area contributed by atoms with Gasteiger partial charge in [0.2, 0.25) is 0 Å². The lowest BCUT2D eigenvalue weighted by Crippen LogP contribution is -2.45. The minimum atomic E-state index is -0.732. The van der Waals surface area contributed by atoms with Crippen LogP contribution in [0.2, 0.25) is 0 Å². The van der Waals surface area contributed by atoms with E-state index < -0.39 is 5.60 Å². The van der Waals surface area contributed by atoms with Crippen molar-refractivity contribution in [3.05, 3.63) is 29.8 Å². The lowest BCUT2D eigenvalue weighted by Gasteiger charge is -2.41. The molecule has 0 aromatic heterocycles. The molecule has 1 N–H and O–H groups in total. The Bertz CT molecular complexity index is 424. The zero-order valence-corrected chi connectivity index (χ0v) is 12.7. The average molecular weight is 281 g/mol. The molecular weight excluding hydrogens is 258 g/mol. The number of hydrogen-bond donors (Lipinski definition) is 1. The summed E-state index contributed by atoms with van der Waals surface area (Å²) in [6.45, 7) is 0.903. The van der Waals surface area contributed by atoms with Crippen LogP contribution in [0.5, 0.6) is 5.75 Å². The highest BCUT2D eigenvalue weighted by atomic mass is 32.2. The molecule has 0 bridgehead atoms. The van der Waals surface area contributed by atoms with Crippen LogP contribution >= 0.6 is 11.8 Å². The molecule has 1 saturated heterocycles. The van der Waals surface area contributed by atoms with Gasteiger partial charge in [0, 0.05) is 18.2 Å². The zero-order valence-electron chi connectivity index (χ0n) is 11.9. The predicted octanol–water partition coefficient (Wildman–Crippen LogP) is 2.20. The molecule has 0 radical (unpaired) electrons. The van der Waals surface area contributed by atoms with Gasteiger partial charge in [0.15, 0.2) is 0 Å². The van der Waals surface area contributed by atoms with Crippen LogP contribution in [0.1, 0.15) is 12.0 Å². The number of methoxy groups -OCH3 is 1. The normalized spacial score (nSPS) is 27.5. The maximum Gasteiger partial charge on any atom is 0.119 e. The Morgan fingerprint density at radius 3 is 2.95 bits per heavy atom. The summed E-state index contributed by atoms with van der Waals surface area (Å²) in [6, 6.07) is 7.87. The van der Waals surface area contributed by atoms with Gasteiger partial charge in [0.1, 0.15) is 5.75 Å². The minimum absolute atomic E-state index is 0.258. The fourth-order valence-corrected chi connectivity index (χ4v) is 4.00. The maximum absolute atomic E-state index is 11.2. The molecule has 1 aromatic rings. The van der Waals surface area contributed by atoms with Gasteiger partial charge >= 0.3 is 0 Å². The molecule has 0 saturated carbocycles. The van der Waals surface area contributed by atoms with Gasteiger partial charge in [0.05, 0.1) is 12.7 Å². The monoisotopic (exact) mass is 281 g/mol. The van der Waals surface area contributed by atoms with Crippen molar-refractivity contribution in [1.29, 1.82) is 0 Å². The fraction of sp³-hybridized carbons (Fsp3) is 0.600. The standard InChI is InChI=1S/C15H23NO2S/c1-16(2)10-13-11-19-8-7-15(13,17)12-5-4-6-14(9-12)18-3/h4-6,9,13,17H,7-8,10-11H2,1-3H3/t13-,15+/m1/s1. The zero-order chi connectivity index (χ0) is 13.9. The first-order valence-electron chi connectivity index (χ1n) is 6.65. The van der Waals surface area contributed by atoms with Crippen LogP contribution in [0.3, 0.4) is 0 Å². The maximum atomic E-state index is 11.2. The first-order valence-corrected chi connectivity index (χ1v) is 7.81. The van der Waals surface area contributed by atoms with Crippen LogP contribution in [-0.4, -0.2) is 49.3 Å². The molecule has 1 heterocycles. The van der Waals surface area contributed by atoms with Crippen molar-refractivity contribution in [3.8, 4) is 5.75 Å². The van der Waals surface area contributed by atoms with E-state index in [1.807, 2.05) is 36.0 Å². The second-order valence-corrected chi connectivity index (χ2v) is 6.59. The van der Waals surface area contributed by atoms with E-state index in [1.54, 1.807) is 7.11 Å². The Labute approximate surface area is 120 Å². The predicted molar refractivity (Wildman–Crippen MR) is 80.9 cm³/mol. The Kier molecular flexibility index (Phi) is 4.76. The number of ether oxygens (including phenoxy) is 1. The molecule has 0 aliphatic carbocycles. The molecule has 4 heteroatoms. The Hall–Kier alpha value is -0.710. The minimum Gasteiger partial charge on any atom is -0.497 e. The van der Waals surface area contributed by atoms with Gasteiger partial charge in [-0.2, -0.15) is 11.8 Å². The third kappa shape index (κ3) is 3.25. The number of thioether (sulfide) groups is 1. The lowest BCUT2D eigenvalue weighted by atomic mass is 9.79. The van der Waals surface area contributed by atoms with E-state index in [9.17, 15) is 5.11 Å². The number of nitrogens with zero attached hydrogens (tertiary/aromatic N) is 1. The summed E-state index contributed by atoms with van der Waals surface area (Å²) in [6.07, 6.45) is 0.809. The molecule has 1 aromatic carbocycles. The van der Waals surface area contributed by atoms with E-state index in [-0.39, 0.29) is 5.92 Å². The average Bonchev–Trinajstić information content (AvgIpc) is 2.41. The quantitative estimate of drug-likeness (QED) is 0.917. The number of rotatable bonds is 4. The molecule has 106 valence electrons. The van der Waals surface area contributed by atoms with Gasteiger partial charge in [-0.3, -0.25) is 0 Å². The molecule has 0 spiro atoms. The van der Waals surface area contributed by atoms with Gasteiger partial charge in [-0.1, -0.05) is 12.1 Å². The molecule has 3 nitrogen and oxygen atoms in total. The van der Waals surface area contributed by atoms with Crippen LogP contribution in [-0.2, 0) is 5.60 Å². The van der Waals surface area contributed by atoms with Crippen molar-refractivity contribution in [2.45, 2.75) is 12.0 Å². The highest BCUT2D eigenvalue weighted by Crippen LogP contribution is 2.41. The van der Waals surface area contributed by atoms with E-state index >= 15 is 0 Å². The Morgan fingerprint density at radius 2 is 2.26 bits per heavy atom. The van der Waals surface area contributed by atoms with Crippen LogP contribution in [0.25, 0.3) is 0 Å². The topological polar surface area (TPSA) is 32.7 Å². The van der Waals surface area contributed by atoms with Crippen molar-refractivity contribution >= 4 is 11.8 Å². The van der Waals surface area contributed by atoms with Crippen molar-refractivity contribution in [2.24, 2.45) is 5.92 Å². The van der Waals surface area contributed by atoms with Crippen molar-refractivity contribution in [3.63, 3.8) is 0 Å². The van der Waals surface area contributed by atoms with Gasteiger partial charge in [0.25, 0.3) is 0 Å². The van der Waals surface area contributed by atoms with E-state index in [4.69, 9.17) is 4.74 Å². The van der Waals surface area contributed by atoms with Gasteiger partial charge in [-0.15, -0.1) is 0 Å². The Balaban J connectivity index is 2.30. The van der Waals surface area contributed by atoms with E-state index in [2.05, 4.69) is 19.0 Å². The summed E-state index contributed by atoms with van der Waals surface area (Å²) in [5.41, 5.74) is 0.253. The fourth-order valence-electron chi connectivity index (χ4n) is 2.71. The van der Waals surface area contributed by atoms with Crippen molar-refractivity contribution in [2.75, 3.05) is 39.3 Å². The molecule has 0 unspecified atom stereocenters. The Morgan fingerprint density at radius 1 is 1.47 bits per heavy atom. The summed E-state index contributed by atoms with van der Waals surface area (Å²) in [5.74, 6) is 3.09. The SMILES string of the molecule is COc1cccc([C@@]2(O)CCSC[C@H]2CN(C)C)c1.